The number of nitrogens with one attached hydrogen (secondary N) is 1. The van der Waals surface area contributed by atoms with Crippen molar-refractivity contribution < 1.29 is 4.74 Å². The van der Waals surface area contributed by atoms with Crippen LogP contribution in [0, 0.1) is 20.8 Å². The number of anilines is 1. The van der Waals surface area contributed by atoms with Gasteiger partial charge in [0.2, 0.25) is 0 Å². The van der Waals surface area contributed by atoms with Crippen LogP contribution in [0.3, 0.4) is 0 Å². The van der Waals surface area contributed by atoms with Crippen LogP contribution >= 0.6 is 0 Å². The number of nitrogens with zero attached hydrogens (tertiary/aromatic N) is 4. The second kappa shape index (κ2) is 5.88. The van der Waals surface area contributed by atoms with Crippen LogP contribution in [0.2, 0.25) is 0 Å². The summed E-state index contributed by atoms with van der Waals surface area (Å²) < 4.78 is 6.93. The number of rotatable bonds is 5. The third-order valence-electron chi connectivity index (χ3n) is 3.63. The molecule has 0 fully saturated rings. The van der Waals surface area contributed by atoms with Gasteiger partial charge in [-0.05, 0) is 38.8 Å². The van der Waals surface area contributed by atoms with E-state index in [0.29, 0.717) is 0 Å². The van der Waals surface area contributed by atoms with E-state index in [1.807, 2.05) is 24.4 Å². The van der Waals surface area contributed by atoms with E-state index in [1.54, 1.807) is 7.11 Å². The van der Waals surface area contributed by atoms with Gasteiger partial charge in [-0.3, -0.25) is 0 Å². The molecule has 6 heteroatoms. The third-order valence-corrected chi connectivity index (χ3v) is 3.63. The van der Waals surface area contributed by atoms with Crippen molar-refractivity contribution in [3.63, 3.8) is 0 Å². The molecule has 0 saturated carbocycles. The highest BCUT2D eigenvalue weighted by atomic mass is 16.5. The SMILES string of the molecule is COCCCNc1cc(C)nc2c3c(C)cc(C)nc3nn12. The predicted octanol–water partition coefficient (Wildman–Crippen LogP) is 2.65. The van der Waals surface area contributed by atoms with E-state index < -0.39 is 0 Å². The van der Waals surface area contributed by atoms with Gasteiger partial charge < -0.3 is 10.1 Å². The number of aryl methyl sites for hydroxylation is 3. The van der Waals surface area contributed by atoms with Gasteiger partial charge >= 0.3 is 0 Å². The first-order valence-corrected chi connectivity index (χ1v) is 7.47. The molecule has 6 nitrogen and oxygen atoms in total. The van der Waals surface area contributed by atoms with Gasteiger partial charge in [-0.25, -0.2) is 9.97 Å². The Hall–Kier alpha value is -2.21. The van der Waals surface area contributed by atoms with Crippen LogP contribution in [0.1, 0.15) is 23.4 Å². The predicted molar refractivity (Wildman–Crippen MR) is 87.5 cm³/mol. The maximum Gasteiger partial charge on any atom is 0.184 e. The fraction of sp³-hybridized carbons (Fsp3) is 0.438. The average Bonchev–Trinajstić information content (AvgIpc) is 2.81. The highest BCUT2D eigenvalue weighted by Crippen LogP contribution is 2.24. The molecule has 22 heavy (non-hydrogen) atoms. The van der Waals surface area contributed by atoms with Crippen molar-refractivity contribution in [1.82, 2.24) is 19.6 Å². The summed E-state index contributed by atoms with van der Waals surface area (Å²) in [5.74, 6) is 0.939. The summed E-state index contributed by atoms with van der Waals surface area (Å²) in [6.45, 7) is 7.62. The maximum absolute atomic E-state index is 5.08. The van der Waals surface area contributed by atoms with Crippen molar-refractivity contribution >= 4 is 22.5 Å². The van der Waals surface area contributed by atoms with Crippen LogP contribution in [0.25, 0.3) is 16.7 Å². The highest BCUT2D eigenvalue weighted by Gasteiger charge is 2.14. The van der Waals surface area contributed by atoms with Gasteiger partial charge in [0.05, 0.1) is 5.39 Å². The lowest BCUT2D eigenvalue weighted by Crippen LogP contribution is -2.09. The van der Waals surface area contributed by atoms with E-state index in [4.69, 9.17) is 4.74 Å². The van der Waals surface area contributed by atoms with E-state index in [2.05, 4.69) is 33.4 Å². The molecular weight excluding hydrogens is 278 g/mol. The Kier molecular flexibility index (Phi) is 3.94. The fourth-order valence-electron chi connectivity index (χ4n) is 2.70. The lowest BCUT2D eigenvalue weighted by Gasteiger charge is -2.09. The van der Waals surface area contributed by atoms with Gasteiger partial charge in [-0.1, -0.05) is 0 Å². The van der Waals surface area contributed by atoms with E-state index in [-0.39, 0.29) is 0 Å². The average molecular weight is 299 g/mol. The zero-order chi connectivity index (χ0) is 15.7. The normalized spacial score (nSPS) is 11.5. The number of ether oxygens (including phenoxy) is 1. The number of pyridine rings is 1. The molecule has 0 saturated heterocycles. The lowest BCUT2D eigenvalue weighted by molar-refractivity contribution is 0.197. The number of fused-ring (bicyclic) bond motifs is 3. The molecule has 0 aliphatic rings. The van der Waals surface area contributed by atoms with Gasteiger partial charge in [-0.2, -0.15) is 4.52 Å². The molecule has 3 rings (SSSR count). The second-order valence-corrected chi connectivity index (χ2v) is 5.57. The quantitative estimate of drug-likeness (QED) is 0.734. The first kappa shape index (κ1) is 14.7. The molecule has 0 aliphatic carbocycles. The van der Waals surface area contributed by atoms with E-state index >= 15 is 0 Å². The summed E-state index contributed by atoms with van der Waals surface area (Å²) in [7, 11) is 1.71. The molecule has 0 aromatic carbocycles. The van der Waals surface area contributed by atoms with Gasteiger partial charge in [-0.15, -0.1) is 5.10 Å². The van der Waals surface area contributed by atoms with Crippen molar-refractivity contribution in [3.8, 4) is 0 Å². The summed E-state index contributed by atoms with van der Waals surface area (Å²) >= 11 is 0. The fourth-order valence-corrected chi connectivity index (χ4v) is 2.70. The molecule has 116 valence electrons. The van der Waals surface area contributed by atoms with Crippen molar-refractivity contribution in [2.24, 2.45) is 0 Å². The highest BCUT2D eigenvalue weighted by molar-refractivity contribution is 5.93. The Labute approximate surface area is 129 Å². The molecule has 3 heterocycles. The van der Waals surface area contributed by atoms with Crippen LogP contribution in [0.15, 0.2) is 12.1 Å². The second-order valence-electron chi connectivity index (χ2n) is 5.57. The van der Waals surface area contributed by atoms with E-state index in [0.717, 1.165) is 59.0 Å². The molecule has 0 aliphatic heterocycles. The van der Waals surface area contributed by atoms with Crippen molar-refractivity contribution in [2.45, 2.75) is 27.2 Å². The maximum atomic E-state index is 5.08. The molecule has 0 atom stereocenters. The standard InChI is InChI=1S/C16H21N5O/c1-10-8-11(2)18-15-14(10)16-19-12(3)9-13(21(16)20-15)17-6-5-7-22-4/h8-9,17H,5-7H2,1-4H3. The van der Waals surface area contributed by atoms with Crippen LogP contribution in [0.4, 0.5) is 5.82 Å². The Balaban J connectivity index is 2.11. The molecule has 0 bridgehead atoms. The summed E-state index contributed by atoms with van der Waals surface area (Å²) in [4.78, 5) is 9.19. The molecule has 1 N–H and O–H groups in total. The van der Waals surface area contributed by atoms with Gasteiger partial charge in [0.15, 0.2) is 11.3 Å². The molecule has 0 radical (unpaired) electrons. The van der Waals surface area contributed by atoms with Crippen LogP contribution in [-0.4, -0.2) is 39.8 Å². The van der Waals surface area contributed by atoms with E-state index in [9.17, 15) is 0 Å². The van der Waals surface area contributed by atoms with Crippen molar-refractivity contribution in [1.29, 1.82) is 0 Å². The van der Waals surface area contributed by atoms with Crippen molar-refractivity contribution in [3.05, 3.63) is 29.1 Å². The molecule has 0 spiro atoms. The van der Waals surface area contributed by atoms with Gasteiger partial charge in [0.25, 0.3) is 0 Å². The molecule has 3 aromatic rings. The number of hydrogen-bond acceptors (Lipinski definition) is 5. The van der Waals surface area contributed by atoms with Crippen LogP contribution in [-0.2, 0) is 4.74 Å². The largest absolute Gasteiger partial charge is 0.385 e. The van der Waals surface area contributed by atoms with Crippen LogP contribution < -0.4 is 5.32 Å². The summed E-state index contributed by atoms with van der Waals surface area (Å²) in [6.07, 6.45) is 0.941. The zero-order valence-electron chi connectivity index (χ0n) is 13.5. The lowest BCUT2D eigenvalue weighted by atomic mass is 10.2. The number of aromatic nitrogens is 4. The minimum Gasteiger partial charge on any atom is -0.385 e. The van der Waals surface area contributed by atoms with Gasteiger partial charge in [0.1, 0.15) is 5.82 Å². The molecule has 0 amide bonds. The molecule has 3 aromatic heterocycles. The third kappa shape index (κ3) is 2.62. The smallest absolute Gasteiger partial charge is 0.184 e. The Morgan fingerprint density at radius 2 is 1.91 bits per heavy atom. The minimum atomic E-state index is 0.737. The molecular formula is C16H21N5O. The first-order chi connectivity index (χ1) is 10.6. The zero-order valence-corrected chi connectivity index (χ0v) is 13.5. The van der Waals surface area contributed by atoms with Crippen molar-refractivity contribution in [2.75, 3.05) is 25.6 Å². The van der Waals surface area contributed by atoms with E-state index in [1.165, 1.54) is 0 Å². The summed E-state index contributed by atoms with van der Waals surface area (Å²) in [5.41, 5.74) is 4.69. The monoisotopic (exact) mass is 299 g/mol. The Bertz CT molecular complexity index is 824. The summed E-state index contributed by atoms with van der Waals surface area (Å²) in [6, 6.07) is 4.08. The number of methoxy groups -OCH3 is 1. The topological polar surface area (TPSA) is 64.3 Å². The first-order valence-electron chi connectivity index (χ1n) is 7.47. The minimum absolute atomic E-state index is 0.737. The summed E-state index contributed by atoms with van der Waals surface area (Å²) in [5, 5.41) is 9.06. The van der Waals surface area contributed by atoms with Gasteiger partial charge in [0, 0.05) is 37.7 Å². The molecule has 0 unspecified atom stereocenters. The van der Waals surface area contributed by atoms with Crippen LogP contribution in [0.5, 0.6) is 0 Å². The Morgan fingerprint density at radius 3 is 2.68 bits per heavy atom. The Morgan fingerprint density at radius 1 is 1.14 bits per heavy atom. The number of hydrogen-bond donors (Lipinski definition) is 1.